The quantitative estimate of drug-likeness (QED) is 0.885. The second-order valence-corrected chi connectivity index (χ2v) is 5.70. The molecule has 1 unspecified atom stereocenters. The Hall–Kier alpha value is -1.82. The van der Waals surface area contributed by atoms with E-state index in [1.807, 2.05) is 13.8 Å². The Balaban J connectivity index is 2.11. The number of carbonyl (C=O) groups is 1. The number of aromatic nitrogens is 1. The number of nitrogens with zero attached hydrogens (tertiary/aromatic N) is 1. The third-order valence-electron chi connectivity index (χ3n) is 3.12. The van der Waals surface area contributed by atoms with E-state index in [0.29, 0.717) is 16.4 Å². The largest absolute Gasteiger partial charge is 0.302 e. The molecule has 6 heteroatoms. The van der Waals surface area contributed by atoms with Gasteiger partial charge >= 0.3 is 0 Å². The van der Waals surface area contributed by atoms with Gasteiger partial charge in [0.1, 0.15) is 0 Å². The SMILES string of the molecule is CCCC(C)C(=O)Nc1nc(-c2ccc(F)c(F)c2)cs1. The van der Waals surface area contributed by atoms with Crippen molar-refractivity contribution in [1.29, 1.82) is 0 Å². The van der Waals surface area contributed by atoms with Crippen LogP contribution in [0, 0.1) is 17.6 Å². The molecule has 3 nitrogen and oxygen atoms in total. The van der Waals surface area contributed by atoms with Crippen LogP contribution in [0.15, 0.2) is 23.6 Å². The van der Waals surface area contributed by atoms with E-state index in [1.54, 1.807) is 5.38 Å². The van der Waals surface area contributed by atoms with E-state index in [1.165, 1.54) is 17.4 Å². The average Bonchev–Trinajstić information content (AvgIpc) is 2.90. The summed E-state index contributed by atoms with van der Waals surface area (Å²) in [6.45, 7) is 3.89. The van der Waals surface area contributed by atoms with E-state index in [0.717, 1.165) is 25.0 Å². The van der Waals surface area contributed by atoms with E-state index >= 15 is 0 Å². The lowest BCUT2D eigenvalue weighted by atomic mass is 10.1. The molecular formula is C15H16F2N2OS. The Labute approximate surface area is 126 Å². The van der Waals surface area contributed by atoms with Gasteiger partial charge in [-0.25, -0.2) is 13.8 Å². The first-order valence-corrected chi connectivity index (χ1v) is 7.61. The number of carbonyl (C=O) groups excluding carboxylic acids is 1. The zero-order chi connectivity index (χ0) is 15.4. The minimum Gasteiger partial charge on any atom is -0.302 e. The van der Waals surface area contributed by atoms with E-state index < -0.39 is 11.6 Å². The van der Waals surface area contributed by atoms with Gasteiger partial charge in [-0.1, -0.05) is 20.3 Å². The molecule has 0 aliphatic rings. The number of thiazole rings is 1. The van der Waals surface area contributed by atoms with E-state index in [9.17, 15) is 13.6 Å². The standard InChI is InChI=1S/C15H16F2N2OS/c1-3-4-9(2)14(20)19-15-18-13(8-21-15)10-5-6-11(16)12(17)7-10/h5-9H,3-4H2,1-2H3,(H,18,19,20). The van der Waals surface area contributed by atoms with Crippen molar-refractivity contribution in [2.24, 2.45) is 5.92 Å². The van der Waals surface area contributed by atoms with E-state index in [2.05, 4.69) is 10.3 Å². The molecule has 0 radical (unpaired) electrons. The van der Waals surface area contributed by atoms with Crippen molar-refractivity contribution in [3.05, 3.63) is 35.2 Å². The molecule has 0 fully saturated rings. The fourth-order valence-corrected chi connectivity index (χ4v) is 2.63. The average molecular weight is 310 g/mol. The van der Waals surface area contributed by atoms with Gasteiger partial charge in [-0.2, -0.15) is 0 Å². The lowest BCUT2D eigenvalue weighted by Crippen LogP contribution is -2.20. The maximum absolute atomic E-state index is 13.2. The molecule has 1 aromatic heterocycles. The molecule has 2 rings (SSSR count). The molecule has 1 amide bonds. The number of rotatable bonds is 5. The van der Waals surface area contributed by atoms with Crippen LogP contribution < -0.4 is 5.32 Å². The maximum atomic E-state index is 13.2. The fraction of sp³-hybridized carbons (Fsp3) is 0.333. The first-order chi connectivity index (χ1) is 10.0. The highest BCUT2D eigenvalue weighted by atomic mass is 32.1. The maximum Gasteiger partial charge on any atom is 0.228 e. The molecule has 0 spiro atoms. The Morgan fingerprint density at radius 2 is 2.14 bits per heavy atom. The summed E-state index contributed by atoms with van der Waals surface area (Å²) in [4.78, 5) is 16.1. The molecule has 112 valence electrons. The third kappa shape index (κ3) is 3.85. The Bertz CT molecular complexity index is 642. The minimum absolute atomic E-state index is 0.0781. The van der Waals surface area contributed by atoms with Crippen molar-refractivity contribution < 1.29 is 13.6 Å². The second kappa shape index (κ2) is 6.76. The number of anilines is 1. The molecular weight excluding hydrogens is 294 g/mol. The lowest BCUT2D eigenvalue weighted by molar-refractivity contribution is -0.119. The summed E-state index contributed by atoms with van der Waals surface area (Å²) in [5.74, 6) is -1.97. The number of amides is 1. The molecule has 0 saturated heterocycles. The zero-order valence-electron chi connectivity index (χ0n) is 11.8. The van der Waals surface area contributed by atoms with E-state index in [-0.39, 0.29) is 11.8 Å². The minimum atomic E-state index is -0.914. The van der Waals surface area contributed by atoms with Gasteiger partial charge in [0.2, 0.25) is 5.91 Å². The predicted octanol–water partition coefficient (Wildman–Crippen LogP) is 4.46. The molecule has 1 N–H and O–H groups in total. The first-order valence-electron chi connectivity index (χ1n) is 6.73. The van der Waals surface area contributed by atoms with Gasteiger partial charge in [-0.05, 0) is 24.6 Å². The highest BCUT2D eigenvalue weighted by Gasteiger charge is 2.14. The monoisotopic (exact) mass is 310 g/mol. The van der Waals surface area contributed by atoms with Gasteiger partial charge < -0.3 is 5.32 Å². The van der Waals surface area contributed by atoms with E-state index in [4.69, 9.17) is 0 Å². The summed E-state index contributed by atoms with van der Waals surface area (Å²) in [5.41, 5.74) is 0.990. The van der Waals surface area contributed by atoms with Gasteiger partial charge in [-0.15, -0.1) is 11.3 Å². The topological polar surface area (TPSA) is 42.0 Å². The summed E-state index contributed by atoms with van der Waals surface area (Å²) >= 11 is 1.26. The Morgan fingerprint density at radius 3 is 2.81 bits per heavy atom. The smallest absolute Gasteiger partial charge is 0.228 e. The summed E-state index contributed by atoms with van der Waals surface area (Å²) in [5, 5.41) is 4.91. The van der Waals surface area contributed by atoms with Gasteiger partial charge in [0.25, 0.3) is 0 Å². The van der Waals surface area contributed by atoms with Crippen molar-refractivity contribution in [1.82, 2.24) is 4.98 Å². The van der Waals surface area contributed by atoms with Crippen molar-refractivity contribution in [3.63, 3.8) is 0 Å². The molecule has 0 aliphatic carbocycles. The lowest BCUT2D eigenvalue weighted by Gasteiger charge is -2.08. The summed E-state index contributed by atoms with van der Waals surface area (Å²) < 4.78 is 26.1. The predicted molar refractivity (Wildman–Crippen MR) is 80.2 cm³/mol. The van der Waals surface area contributed by atoms with Crippen LogP contribution in [0.1, 0.15) is 26.7 Å². The van der Waals surface area contributed by atoms with Crippen LogP contribution in [-0.4, -0.2) is 10.9 Å². The number of halogens is 2. The Kier molecular flexibility index (Phi) is 5.01. The molecule has 2 aromatic rings. The van der Waals surface area contributed by atoms with Crippen LogP contribution in [0.2, 0.25) is 0 Å². The van der Waals surface area contributed by atoms with Crippen LogP contribution in [0.4, 0.5) is 13.9 Å². The molecule has 0 aliphatic heterocycles. The van der Waals surface area contributed by atoms with Crippen LogP contribution in [0.5, 0.6) is 0 Å². The first kappa shape index (κ1) is 15.6. The zero-order valence-corrected chi connectivity index (χ0v) is 12.6. The number of hydrogen-bond acceptors (Lipinski definition) is 3. The van der Waals surface area contributed by atoms with Crippen LogP contribution in [0.25, 0.3) is 11.3 Å². The van der Waals surface area contributed by atoms with Crippen molar-refractivity contribution >= 4 is 22.4 Å². The van der Waals surface area contributed by atoms with Crippen LogP contribution >= 0.6 is 11.3 Å². The molecule has 21 heavy (non-hydrogen) atoms. The van der Waals surface area contributed by atoms with Crippen LogP contribution in [0.3, 0.4) is 0 Å². The third-order valence-corrected chi connectivity index (χ3v) is 3.88. The number of benzene rings is 1. The summed E-state index contributed by atoms with van der Waals surface area (Å²) in [6, 6.07) is 3.61. The van der Waals surface area contributed by atoms with Crippen molar-refractivity contribution in [2.45, 2.75) is 26.7 Å². The van der Waals surface area contributed by atoms with Crippen molar-refractivity contribution in [3.8, 4) is 11.3 Å². The van der Waals surface area contributed by atoms with Gasteiger partial charge in [0.05, 0.1) is 5.69 Å². The number of nitrogens with one attached hydrogen (secondary N) is 1. The highest BCUT2D eigenvalue weighted by molar-refractivity contribution is 7.14. The second-order valence-electron chi connectivity index (χ2n) is 4.85. The molecule has 0 saturated carbocycles. The highest BCUT2D eigenvalue weighted by Crippen LogP contribution is 2.26. The summed E-state index contributed by atoms with van der Waals surface area (Å²) in [6.07, 6.45) is 1.75. The normalized spacial score (nSPS) is 12.2. The fourth-order valence-electron chi connectivity index (χ4n) is 1.91. The van der Waals surface area contributed by atoms with Gasteiger partial charge in [0.15, 0.2) is 16.8 Å². The Morgan fingerprint density at radius 1 is 1.38 bits per heavy atom. The van der Waals surface area contributed by atoms with Gasteiger partial charge in [0, 0.05) is 16.9 Å². The van der Waals surface area contributed by atoms with Crippen LogP contribution in [-0.2, 0) is 4.79 Å². The molecule has 1 aromatic carbocycles. The summed E-state index contributed by atoms with van der Waals surface area (Å²) in [7, 11) is 0. The van der Waals surface area contributed by atoms with Gasteiger partial charge in [-0.3, -0.25) is 4.79 Å². The molecule has 0 bridgehead atoms. The molecule has 1 atom stereocenters. The number of hydrogen-bond donors (Lipinski definition) is 1. The van der Waals surface area contributed by atoms with Crippen molar-refractivity contribution in [2.75, 3.05) is 5.32 Å². The molecule has 1 heterocycles.